The van der Waals surface area contributed by atoms with Crippen molar-refractivity contribution in [3.8, 4) is 0 Å². The lowest BCUT2D eigenvalue weighted by molar-refractivity contribution is 0.0597. The lowest BCUT2D eigenvalue weighted by atomic mass is 9.99. The second-order valence-corrected chi connectivity index (χ2v) is 4.41. The molecule has 0 aliphatic carbocycles. The summed E-state index contributed by atoms with van der Waals surface area (Å²) in [4.78, 5) is 23.4. The van der Waals surface area contributed by atoms with Crippen LogP contribution >= 0.6 is 23.2 Å². The maximum atomic E-state index is 11.8. The maximum Gasteiger partial charge on any atom is 0.338 e. The van der Waals surface area contributed by atoms with E-state index in [1.807, 2.05) is 0 Å². The van der Waals surface area contributed by atoms with Gasteiger partial charge in [-0.25, -0.2) is 4.79 Å². The summed E-state index contributed by atoms with van der Waals surface area (Å²) in [5.41, 5.74) is 1.20. The highest BCUT2D eigenvalue weighted by atomic mass is 35.5. The molecule has 1 aromatic rings. The summed E-state index contributed by atoms with van der Waals surface area (Å²) in [5.74, 6) is -0.625. The van der Waals surface area contributed by atoms with Gasteiger partial charge >= 0.3 is 5.97 Å². The molecule has 0 heterocycles. The average molecular weight is 275 g/mol. The molecule has 0 spiro atoms. The molecule has 0 fully saturated rings. The number of esters is 1. The fraction of sp³-hybridized carbons (Fsp3) is 0.333. The van der Waals surface area contributed by atoms with E-state index in [0.717, 1.165) is 5.56 Å². The topological polar surface area (TPSA) is 43.4 Å². The first kappa shape index (κ1) is 14.0. The highest BCUT2D eigenvalue weighted by Crippen LogP contribution is 2.18. The van der Waals surface area contributed by atoms with E-state index < -0.39 is 11.3 Å². The predicted octanol–water partition coefficient (Wildman–Crippen LogP) is 3.02. The number of carbonyl (C=O) groups is 2. The number of hydrogen-bond acceptors (Lipinski definition) is 3. The van der Waals surface area contributed by atoms with Gasteiger partial charge in [0.25, 0.3) is 0 Å². The van der Waals surface area contributed by atoms with Crippen LogP contribution in [-0.2, 0) is 10.6 Å². The molecule has 0 saturated heterocycles. The molecular formula is C12H12Cl2O3. The van der Waals surface area contributed by atoms with Crippen molar-refractivity contribution in [3.05, 3.63) is 34.9 Å². The molecule has 0 aliphatic heterocycles. The van der Waals surface area contributed by atoms with Crippen molar-refractivity contribution in [1.82, 2.24) is 0 Å². The average Bonchev–Trinajstić information content (AvgIpc) is 2.35. The molecule has 0 bridgehead atoms. The standard InChI is InChI=1S/C12H12Cl2O3/c1-7(14)11(15)9-4-3-8(6-13)5-10(9)12(16)17-2/h3-5,7H,6H2,1-2H3. The summed E-state index contributed by atoms with van der Waals surface area (Å²) >= 11 is 11.4. The van der Waals surface area contributed by atoms with E-state index in [4.69, 9.17) is 23.2 Å². The van der Waals surface area contributed by atoms with Gasteiger partial charge in [0.15, 0.2) is 5.78 Å². The smallest absolute Gasteiger partial charge is 0.338 e. The van der Waals surface area contributed by atoms with Gasteiger partial charge in [-0.2, -0.15) is 0 Å². The minimum atomic E-state index is -0.694. The molecule has 1 rings (SSSR count). The van der Waals surface area contributed by atoms with Gasteiger partial charge in [-0.1, -0.05) is 12.1 Å². The summed E-state index contributed by atoms with van der Waals surface area (Å²) in [6.45, 7) is 1.56. The Kier molecular flexibility index (Phi) is 4.97. The number of hydrogen-bond donors (Lipinski definition) is 0. The number of benzene rings is 1. The number of methoxy groups -OCH3 is 1. The zero-order valence-corrected chi connectivity index (χ0v) is 11.0. The van der Waals surface area contributed by atoms with Crippen LogP contribution in [0.4, 0.5) is 0 Å². The van der Waals surface area contributed by atoms with Crippen molar-refractivity contribution in [3.63, 3.8) is 0 Å². The van der Waals surface area contributed by atoms with Crippen LogP contribution in [0.25, 0.3) is 0 Å². The van der Waals surface area contributed by atoms with Gasteiger partial charge in [0.2, 0.25) is 0 Å². The van der Waals surface area contributed by atoms with Crippen LogP contribution in [0.1, 0.15) is 33.2 Å². The number of halogens is 2. The van der Waals surface area contributed by atoms with E-state index >= 15 is 0 Å². The summed E-state index contributed by atoms with van der Waals surface area (Å²) in [6, 6.07) is 4.78. The SMILES string of the molecule is COC(=O)c1cc(CCl)ccc1C(=O)C(C)Cl. The van der Waals surface area contributed by atoms with Gasteiger partial charge in [-0.15, -0.1) is 23.2 Å². The zero-order valence-electron chi connectivity index (χ0n) is 9.50. The molecule has 0 N–H and O–H groups in total. The molecule has 0 aromatic heterocycles. The minimum absolute atomic E-state index is 0.197. The summed E-state index contributed by atoms with van der Waals surface area (Å²) in [7, 11) is 1.26. The molecule has 1 atom stereocenters. The second kappa shape index (κ2) is 6.03. The maximum absolute atomic E-state index is 11.8. The third-order valence-electron chi connectivity index (χ3n) is 2.27. The molecule has 0 saturated carbocycles. The first-order valence-electron chi connectivity index (χ1n) is 4.96. The lowest BCUT2D eigenvalue weighted by Crippen LogP contribution is -2.16. The number of ketones is 1. The van der Waals surface area contributed by atoms with E-state index in [0.29, 0.717) is 0 Å². The van der Waals surface area contributed by atoms with Gasteiger partial charge in [0, 0.05) is 11.4 Å². The molecule has 0 aliphatic rings. The predicted molar refractivity (Wildman–Crippen MR) is 67.0 cm³/mol. The fourth-order valence-electron chi connectivity index (χ4n) is 1.38. The van der Waals surface area contributed by atoms with E-state index in [1.165, 1.54) is 7.11 Å². The number of rotatable bonds is 4. The molecule has 1 aromatic carbocycles. The van der Waals surface area contributed by atoms with E-state index in [1.54, 1.807) is 25.1 Å². The third-order valence-corrected chi connectivity index (χ3v) is 2.78. The molecule has 1 unspecified atom stereocenters. The monoisotopic (exact) mass is 274 g/mol. The van der Waals surface area contributed by atoms with Gasteiger partial charge < -0.3 is 4.74 Å². The Labute approximate surface area is 110 Å². The number of alkyl halides is 2. The summed E-state index contributed by atoms with van der Waals surface area (Å²) in [5, 5.41) is -0.694. The van der Waals surface area contributed by atoms with Crippen LogP contribution in [0, 0.1) is 0 Å². The molecular weight excluding hydrogens is 263 g/mol. The van der Waals surface area contributed by atoms with Gasteiger partial charge in [0.1, 0.15) is 0 Å². The molecule has 0 amide bonds. The Balaban J connectivity index is 3.29. The van der Waals surface area contributed by atoms with E-state index in [-0.39, 0.29) is 22.8 Å². The van der Waals surface area contributed by atoms with Crippen molar-refractivity contribution in [2.75, 3.05) is 7.11 Å². The van der Waals surface area contributed by atoms with Crippen LogP contribution in [-0.4, -0.2) is 24.2 Å². The van der Waals surface area contributed by atoms with Crippen LogP contribution in [0.3, 0.4) is 0 Å². The van der Waals surface area contributed by atoms with E-state index in [2.05, 4.69) is 4.74 Å². The molecule has 3 nitrogen and oxygen atoms in total. The zero-order chi connectivity index (χ0) is 13.0. The normalized spacial score (nSPS) is 12.0. The van der Waals surface area contributed by atoms with Crippen molar-refractivity contribution in [1.29, 1.82) is 0 Å². The van der Waals surface area contributed by atoms with Crippen LogP contribution in [0.15, 0.2) is 18.2 Å². The fourth-order valence-corrected chi connectivity index (χ4v) is 1.67. The van der Waals surface area contributed by atoms with Crippen LogP contribution < -0.4 is 0 Å². The number of carbonyl (C=O) groups excluding carboxylic acids is 2. The van der Waals surface area contributed by atoms with Gasteiger partial charge in [0.05, 0.1) is 18.1 Å². The van der Waals surface area contributed by atoms with Crippen molar-refractivity contribution < 1.29 is 14.3 Å². The van der Waals surface area contributed by atoms with Crippen molar-refractivity contribution >= 4 is 35.0 Å². The third kappa shape index (κ3) is 3.20. The Morgan fingerprint density at radius 1 is 1.35 bits per heavy atom. The number of ether oxygens (including phenoxy) is 1. The van der Waals surface area contributed by atoms with E-state index in [9.17, 15) is 9.59 Å². The Bertz CT molecular complexity index is 441. The van der Waals surface area contributed by atoms with Crippen LogP contribution in [0.2, 0.25) is 0 Å². The first-order valence-corrected chi connectivity index (χ1v) is 5.93. The summed E-state index contributed by atoms with van der Waals surface area (Å²) < 4.78 is 4.63. The largest absolute Gasteiger partial charge is 0.465 e. The summed E-state index contributed by atoms with van der Waals surface area (Å²) in [6.07, 6.45) is 0. The molecule has 17 heavy (non-hydrogen) atoms. The van der Waals surface area contributed by atoms with Crippen molar-refractivity contribution in [2.24, 2.45) is 0 Å². The minimum Gasteiger partial charge on any atom is -0.465 e. The van der Waals surface area contributed by atoms with Crippen molar-refractivity contribution in [2.45, 2.75) is 18.2 Å². The molecule has 5 heteroatoms. The second-order valence-electron chi connectivity index (χ2n) is 3.49. The number of Topliss-reactive ketones (excluding diaryl/α,β-unsaturated/α-hetero) is 1. The van der Waals surface area contributed by atoms with Gasteiger partial charge in [-0.3, -0.25) is 4.79 Å². The Morgan fingerprint density at radius 2 is 2.00 bits per heavy atom. The first-order chi connectivity index (χ1) is 8.01. The molecule has 92 valence electrons. The Hall–Kier alpha value is -1.06. The van der Waals surface area contributed by atoms with Gasteiger partial charge in [-0.05, 0) is 18.6 Å². The quantitative estimate of drug-likeness (QED) is 0.482. The lowest BCUT2D eigenvalue weighted by Gasteiger charge is -2.09. The van der Waals surface area contributed by atoms with Crippen LogP contribution in [0.5, 0.6) is 0 Å². The highest BCUT2D eigenvalue weighted by molar-refractivity contribution is 6.34. The molecule has 0 radical (unpaired) electrons. The Morgan fingerprint density at radius 3 is 2.47 bits per heavy atom. The highest BCUT2D eigenvalue weighted by Gasteiger charge is 2.21.